The Kier molecular flexibility index (Phi) is 4.12. The number of rotatable bonds is 4. The predicted octanol–water partition coefficient (Wildman–Crippen LogP) is 6.94. The molecule has 0 aliphatic carbocycles. The summed E-state index contributed by atoms with van der Waals surface area (Å²) < 4.78 is 6.33. The van der Waals surface area contributed by atoms with E-state index in [0.717, 1.165) is 50.1 Å². The molecule has 0 N–H and O–H groups in total. The van der Waals surface area contributed by atoms with E-state index in [4.69, 9.17) is 14.4 Å². The molecule has 3 heterocycles. The van der Waals surface area contributed by atoms with E-state index in [1.54, 1.807) is 0 Å². The number of benzene rings is 3. The van der Waals surface area contributed by atoms with Gasteiger partial charge in [-0.05, 0) is 29.3 Å². The summed E-state index contributed by atoms with van der Waals surface area (Å²) in [6.45, 7) is 12.1. The minimum absolute atomic E-state index is 0.0328. The van der Waals surface area contributed by atoms with E-state index in [1.807, 2.05) is 42.5 Å². The van der Waals surface area contributed by atoms with Crippen LogP contribution in [0.4, 0.5) is 0 Å². The Morgan fingerprint density at radius 1 is 0.750 bits per heavy atom. The topological polar surface area (TPSA) is 37.9 Å². The standard InChI is InChI=1S/C29H22N2O/c1-4-22-17-11-7-8-13-19(17)26(23(5-2)30-22)28-21-16-15-20-18-12-9-10-14-25(18)32-29(20)27(21)24(6-3)31-28/h4-16,23,26,28H,1-3H2. The Bertz CT molecular complexity index is 1500. The molecule has 0 amide bonds. The van der Waals surface area contributed by atoms with Crippen LogP contribution in [0, 0.1) is 0 Å². The van der Waals surface area contributed by atoms with Crippen molar-refractivity contribution in [2.45, 2.75) is 18.0 Å². The van der Waals surface area contributed by atoms with Gasteiger partial charge in [0.15, 0.2) is 0 Å². The van der Waals surface area contributed by atoms with Crippen molar-refractivity contribution in [2.75, 3.05) is 0 Å². The van der Waals surface area contributed by atoms with Crippen molar-refractivity contribution < 1.29 is 4.42 Å². The van der Waals surface area contributed by atoms with E-state index in [-0.39, 0.29) is 18.0 Å². The minimum Gasteiger partial charge on any atom is -0.455 e. The van der Waals surface area contributed by atoms with Crippen molar-refractivity contribution in [1.29, 1.82) is 0 Å². The first-order valence-electron chi connectivity index (χ1n) is 10.8. The van der Waals surface area contributed by atoms with Crippen LogP contribution in [-0.4, -0.2) is 17.5 Å². The molecular weight excluding hydrogens is 392 g/mol. The molecule has 32 heavy (non-hydrogen) atoms. The highest BCUT2D eigenvalue weighted by atomic mass is 16.3. The van der Waals surface area contributed by atoms with Crippen molar-refractivity contribution >= 4 is 33.4 Å². The molecule has 0 saturated carbocycles. The van der Waals surface area contributed by atoms with Crippen LogP contribution in [0.25, 0.3) is 21.9 Å². The van der Waals surface area contributed by atoms with Crippen LogP contribution in [0.1, 0.15) is 34.2 Å². The molecule has 0 radical (unpaired) electrons. The third-order valence-corrected chi connectivity index (χ3v) is 6.65. The highest BCUT2D eigenvalue weighted by Crippen LogP contribution is 2.48. The number of aliphatic imine (C=N–C) groups is 2. The number of furan rings is 1. The number of hydrogen-bond donors (Lipinski definition) is 0. The van der Waals surface area contributed by atoms with Crippen LogP contribution < -0.4 is 0 Å². The van der Waals surface area contributed by atoms with E-state index in [2.05, 4.69) is 56.1 Å². The number of para-hydroxylation sites is 1. The van der Waals surface area contributed by atoms with Crippen molar-refractivity contribution in [1.82, 2.24) is 0 Å². The van der Waals surface area contributed by atoms with Gasteiger partial charge in [-0.25, -0.2) is 0 Å². The van der Waals surface area contributed by atoms with Gasteiger partial charge in [0, 0.05) is 27.8 Å². The molecule has 154 valence electrons. The summed E-state index contributed by atoms with van der Waals surface area (Å²) >= 11 is 0. The Morgan fingerprint density at radius 3 is 2.34 bits per heavy atom. The van der Waals surface area contributed by atoms with Crippen molar-refractivity contribution in [3.63, 3.8) is 0 Å². The van der Waals surface area contributed by atoms with E-state index >= 15 is 0 Å². The van der Waals surface area contributed by atoms with Gasteiger partial charge in [-0.2, -0.15) is 0 Å². The number of fused-ring (bicyclic) bond motifs is 6. The summed E-state index contributed by atoms with van der Waals surface area (Å²) in [5, 5.41) is 2.22. The van der Waals surface area contributed by atoms with E-state index in [0.29, 0.717) is 0 Å². The maximum Gasteiger partial charge on any atom is 0.145 e. The molecule has 3 aromatic carbocycles. The summed E-state index contributed by atoms with van der Waals surface area (Å²) in [5.41, 5.74) is 8.05. The van der Waals surface area contributed by atoms with Gasteiger partial charge in [0.2, 0.25) is 0 Å². The maximum absolute atomic E-state index is 6.33. The zero-order valence-corrected chi connectivity index (χ0v) is 17.7. The first kappa shape index (κ1) is 18.8. The normalized spacial score (nSPS) is 21.6. The van der Waals surface area contributed by atoms with Crippen LogP contribution in [0.15, 0.2) is 113 Å². The van der Waals surface area contributed by atoms with Gasteiger partial charge in [0.25, 0.3) is 0 Å². The van der Waals surface area contributed by atoms with Gasteiger partial charge >= 0.3 is 0 Å². The van der Waals surface area contributed by atoms with Gasteiger partial charge in [0.1, 0.15) is 11.2 Å². The van der Waals surface area contributed by atoms with Crippen molar-refractivity contribution in [2.24, 2.45) is 9.98 Å². The summed E-state index contributed by atoms with van der Waals surface area (Å²) in [5.74, 6) is 0.0328. The van der Waals surface area contributed by atoms with E-state index in [1.165, 1.54) is 5.56 Å². The smallest absolute Gasteiger partial charge is 0.145 e. The Morgan fingerprint density at radius 2 is 1.53 bits per heavy atom. The Labute approximate surface area is 186 Å². The molecule has 1 aromatic heterocycles. The zero-order valence-electron chi connectivity index (χ0n) is 17.7. The summed E-state index contributed by atoms with van der Waals surface area (Å²) in [7, 11) is 0. The average molecular weight is 415 g/mol. The van der Waals surface area contributed by atoms with Gasteiger partial charge in [-0.3, -0.25) is 9.98 Å². The SMILES string of the molecule is C=CC1=NC(C=C)C(C2N=C(C=C)c3c2ccc2c3oc3ccccc32)c2ccccc21. The molecule has 0 bridgehead atoms. The molecule has 6 rings (SSSR count). The number of nitrogens with zero attached hydrogens (tertiary/aromatic N) is 2. The van der Waals surface area contributed by atoms with Gasteiger partial charge in [-0.1, -0.05) is 73.8 Å². The van der Waals surface area contributed by atoms with Crippen molar-refractivity contribution in [3.8, 4) is 0 Å². The van der Waals surface area contributed by atoms with Crippen LogP contribution in [-0.2, 0) is 0 Å². The minimum atomic E-state index is -0.102. The quantitative estimate of drug-likeness (QED) is 0.333. The lowest BCUT2D eigenvalue weighted by Crippen LogP contribution is -2.27. The maximum atomic E-state index is 6.33. The fourth-order valence-corrected chi connectivity index (χ4v) is 5.26. The fraction of sp³-hybridized carbons (Fsp3) is 0.103. The predicted molar refractivity (Wildman–Crippen MR) is 133 cm³/mol. The number of hydrogen-bond acceptors (Lipinski definition) is 3. The first-order valence-corrected chi connectivity index (χ1v) is 10.8. The monoisotopic (exact) mass is 414 g/mol. The van der Waals surface area contributed by atoms with E-state index < -0.39 is 0 Å². The zero-order chi connectivity index (χ0) is 21.8. The Balaban J connectivity index is 1.60. The fourth-order valence-electron chi connectivity index (χ4n) is 5.26. The summed E-state index contributed by atoms with van der Waals surface area (Å²) in [4.78, 5) is 10.1. The summed E-state index contributed by atoms with van der Waals surface area (Å²) in [6.07, 6.45) is 5.58. The van der Waals surface area contributed by atoms with Crippen LogP contribution in [0.2, 0.25) is 0 Å². The second kappa shape index (κ2) is 7.03. The molecule has 3 nitrogen and oxygen atoms in total. The lowest BCUT2D eigenvalue weighted by Gasteiger charge is -2.33. The summed E-state index contributed by atoms with van der Waals surface area (Å²) in [6, 6.07) is 20.7. The molecule has 3 unspecified atom stereocenters. The lowest BCUT2D eigenvalue weighted by atomic mass is 9.77. The van der Waals surface area contributed by atoms with E-state index in [9.17, 15) is 0 Å². The first-order chi connectivity index (χ1) is 15.7. The largest absolute Gasteiger partial charge is 0.455 e. The number of allylic oxidation sites excluding steroid dienone is 2. The highest BCUT2D eigenvalue weighted by molar-refractivity contribution is 6.21. The van der Waals surface area contributed by atoms with Crippen molar-refractivity contribution in [3.05, 3.63) is 121 Å². The second-order valence-electron chi connectivity index (χ2n) is 8.23. The van der Waals surface area contributed by atoms with Crippen LogP contribution in [0.3, 0.4) is 0 Å². The molecule has 0 spiro atoms. The molecule has 0 saturated heterocycles. The molecule has 3 heteroatoms. The molecule has 4 aromatic rings. The molecule has 2 aliphatic rings. The molecular formula is C29H22N2O. The molecule has 3 atom stereocenters. The molecule has 2 aliphatic heterocycles. The lowest BCUT2D eigenvalue weighted by molar-refractivity contribution is 0.511. The molecule has 0 fully saturated rings. The van der Waals surface area contributed by atoms with Gasteiger partial charge in [0.05, 0.1) is 23.5 Å². The average Bonchev–Trinajstić information content (AvgIpc) is 3.41. The van der Waals surface area contributed by atoms with Crippen LogP contribution >= 0.6 is 0 Å². The van der Waals surface area contributed by atoms with Gasteiger partial charge in [-0.15, -0.1) is 6.58 Å². The highest BCUT2D eigenvalue weighted by Gasteiger charge is 2.40. The third-order valence-electron chi connectivity index (χ3n) is 6.65. The van der Waals surface area contributed by atoms with Crippen LogP contribution in [0.5, 0.6) is 0 Å². The Hall–Kier alpha value is -3.98. The van der Waals surface area contributed by atoms with Gasteiger partial charge < -0.3 is 4.42 Å². The third kappa shape index (κ3) is 2.48. The second-order valence-corrected chi connectivity index (χ2v) is 8.23.